The Balaban J connectivity index is 1.80. The standard InChI is InChI=1S/C19H14N2O5/c1-23-13-7-12(8-14(10-13)24-2)17-20-21-18(26-17)15-9-11-5-3-4-6-16(11)25-19(15)22/h3-10H,1-2H3. The number of aromatic nitrogens is 2. The zero-order chi connectivity index (χ0) is 18.1. The highest BCUT2D eigenvalue weighted by Crippen LogP contribution is 2.30. The summed E-state index contributed by atoms with van der Waals surface area (Å²) in [6, 6.07) is 14.1. The molecule has 0 saturated heterocycles. The van der Waals surface area contributed by atoms with E-state index in [4.69, 9.17) is 18.3 Å². The van der Waals surface area contributed by atoms with Crippen molar-refractivity contribution < 1.29 is 18.3 Å². The van der Waals surface area contributed by atoms with Crippen molar-refractivity contribution in [2.75, 3.05) is 14.2 Å². The van der Waals surface area contributed by atoms with E-state index in [0.717, 1.165) is 5.39 Å². The van der Waals surface area contributed by atoms with Gasteiger partial charge in [0.1, 0.15) is 22.6 Å². The molecule has 4 aromatic rings. The fourth-order valence-electron chi connectivity index (χ4n) is 2.59. The highest BCUT2D eigenvalue weighted by Gasteiger charge is 2.17. The van der Waals surface area contributed by atoms with Gasteiger partial charge in [0.25, 0.3) is 5.89 Å². The van der Waals surface area contributed by atoms with Gasteiger partial charge in [-0.1, -0.05) is 18.2 Å². The first-order valence-corrected chi connectivity index (χ1v) is 7.78. The lowest BCUT2D eigenvalue weighted by Crippen LogP contribution is -2.02. The van der Waals surface area contributed by atoms with E-state index in [9.17, 15) is 4.79 Å². The molecule has 2 heterocycles. The van der Waals surface area contributed by atoms with Crippen molar-refractivity contribution in [3.05, 3.63) is 59.0 Å². The van der Waals surface area contributed by atoms with Crippen molar-refractivity contribution in [3.63, 3.8) is 0 Å². The summed E-state index contributed by atoms with van der Waals surface area (Å²) in [5.74, 6) is 1.50. The van der Waals surface area contributed by atoms with Crippen LogP contribution in [-0.4, -0.2) is 24.4 Å². The second-order valence-electron chi connectivity index (χ2n) is 5.50. The van der Waals surface area contributed by atoms with Gasteiger partial charge >= 0.3 is 5.63 Å². The molecule has 0 radical (unpaired) electrons. The number of ether oxygens (including phenoxy) is 2. The van der Waals surface area contributed by atoms with Crippen LogP contribution in [0.4, 0.5) is 0 Å². The smallest absolute Gasteiger partial charge is 0.349 e. The molecule has 0 N–H and O–H groups in total. The van der Waals surface area contributed by atoms with Crippen molar-refractivity contribution in [2.24, 2.45) is 0 Å². The summed E-state index contributed by atoms with van der Waals surface area (Å²) in [5, 5.41) is 8.78. The summed E-state index contributed by atoms with van der Waals surface area (Å²) >= 11 is 0. The maximum absolute atomic E-state index is 12.2. The molecule has 2 aromatic carbocycles. The second kappa shape index (κ2) is 6.36. The van der Waals surface area contributed by atoms with Crippen molar-refractivity contribution in [2.45, 2.75) is 0 Å². The van der Waals surface area contributed by atoms with Crippen LogP contribution in [0.1, 0.15) is 0 Å². The number of rotatable bonds is 4. The molecule has 7 heteroatoms. The van der Waals surface area contributed by atoms with Gasteiger partial charge in [-0.25, -0.2) is 4.79 Å². The first-order chi connectivity index (χ1) is 12.7. The van der Waals surface area contributed by atoms with Crippen LogP contribution in [0.15, 0.2) is 62.2 Å². The summed E-state index contributed by atoms with van der Waals surface area (Å²) in [6.45, 7) is 0. The van der Waals surface area contributed by atoms with Gasteiger partial charge in [0.15, 0.2) is 0 Å². The molecule has 2 aromatic heterocycles. The summed E-state index contributed by atoms with van der Waals surface area (Å²) in [7, 11) is 3.11. The Hall–Kier alpha value is -3.61. The monoisotopic (exact) mass is 350 g/mol. The van der Waals surface area contributed by atoms with Crippen LogP contribution < -0.4 is 15.1 Å². The summed E-state index contributed by atoms with van der Waals surface area (Å²) in [6.07, 6.45) is 0. The van der Waals surface area contributed by atoms with Crippen molar-refractivity contribution in [1.29, 1.82) is 0 Å². The fraction of sp³-hybridized carbons (Fsp3) is 0.105. The number of hydrogen-bond acceptors (Lipinski definition) is 7. The number of nitrogens with zero attached hydrogens (tertiary/aromatic N) is 2. The van der Waals surface area contributed by atoms with Gasteiger partial charge < -0.3 is 18.3 Å². The lowest BCUT2D eigenvalue weighted by atomic mass is 10.2. The molecule has 0 aliphatic rings. The van der Waals surface area contributed by atoms with Crippen LogP contribution in [0.3, 0.4) is 0 Å². The predicted octanol–water partition coefficient (Wildman–Crippen LogP) is 3.53. The third-order valence-corrected chi connectivity index (χ3v) is 3.90. The van der Waals surface area contributed by atoms with E-state index in [2.05, 4.69) is 10.2 Å². The average Bonchev–Trinajstić information content (AvgIpc) is 3.17. The van der Waals surface area contributed by atoms with E-state index in [1.54, 1.807) is 50.6 Å². The Morgan fingerprint density at radius 2 is 1.54 bits per heavy atom. The molecule has 0 spiro atoms. The third kappa shape index (κ3) is 2.79. The molecule has 0 saturated carbocycles. The molecule has 0 atom stereocenters. The van der Waals surface area contributed by atoms with Gasteiger partial charge in [0.2, 0.25) is 5.89 Å². The lowest BCUT2D eigenvalue weighted by molar-refractivity contribution is 0.394. The van der Waals surface area contributed by atoms with Crippen LogP contribution in [0.2, 0.25) is 0 Å². The first-order valence-electron chi connectivity index (χ1n) is 7.78. The second-order valence-corrected chi connectivity index (χ2v) is 5.50. The molecule has 7 nitrogen and oxygen atoms in total. The molecule has 0 aliphatic carbocycles. The Morgan fingerprint density at radius 1 is 0.846 bits per heavy atom. The van der Waals surface area contributed by atoms with Gasteiger partial charge in [-0.3, -0.25) is 0 Å². The zero-order valence-corrected chi connectivity index (χ0v) is 14.1. The minimum absolute atomic E-state index is 0.0845. The van der Waals surface area contributed by atoms with Crippen LogP contribution in [0.25, 0.3) is 33.9 Å². The number of methoxy groups -OCH3 is 2. The molecule has 0 bridgehead atoms. The summed E-state index contributed by atoms with van der Waals surface area (Å²) < 4.78 is 21.5. The number of benzene rings is 2. The van der Waals surface area contributed by atoms with E-state index in [0.29, 0.717) is 22.6 Å². The maximum atomic E-state index is 12.2. The zero-order valence-electron chi connectivity index (χ0n) is 14.1. The van der Waals surface area contributed by atoms with Crippen LogP contribution in [-0.2, 0) is 0 Å². The van der Waals surface area contributed by atoms with Crippen molar-refractivity contribution in [1.82, 2.24) is 10.2 Å². The van der Waals surface area contributed by atoms with E-state index >= 15 is 0 Å². The average molecular weight is 350 g/mol. The Bertz CT molecular complexity index is 1120. The molecular formula is C19H14N2O5. The number of para-hydroxylation sites is 1. The maximum Gasteiger partial charge on any atom is 0.349 e. The number of fused-ring (bicyclic) bond motifs is 1. The van der Waals surface area contributed by atoms with Crippen LogP contribution in [0, 0.1) is 0 Å². The predicted molar refractivity (Wildman–Crippen MR) is 94.3 cm³/mol. The quantitative estimate of drug-likeness (QED) is 0.520. The third-order valence-electron chi connectivity index (χ3n) is 3.90. The van der Waals surface area contributed by atoms with Crippen LogP contribution in [0.5, 0.6) is 11.5 Å². The minimum Gasteiger partial charge on any atom is -0.497 e. The largest absolute Gasteiger partial charge is 0.497 e. The molecule has 0 fully saturated rings. The molecule has 0 unspecified atom stereocenters. The number of hydrogen-bond donors (Lipinski definition) is 0. The summed E-state index contributed by atoms with van der Waals surface area (Å²) in [5.41, 5.74) is 0.781. The van der Waals surface area contributed by atoms with E-state index in [1.165, 1.54) is 0 Å². The molecule has 4 rings (SSSR count). The van der Waals surface area contributed by atoms with Gasteiger partial charge in [-0.05, 0) is 24.3 Å². The van der Waals surface area contributed by atoms with Crippen molar-refractivity contribution in [3.8, 4) is 34.4 Å². The molecule has 0 amide bonds. The van der Waals surface area contributed by atoms with Gasteiger partial charge in [0, 0.05) is 17.0 Å². The Morgan fingerprint density at radius 3 is 2.27 bits per heavy atom. The molecular weight excluding hydrogens is 336 g/mol. The van der Waals surface area contributed by atoms with Gasteiger partial charge in [0.05, 0.1) is 14.2 Å². The Kier molecular flexibility index (Phi) is 3.89. The Labute approximate surface area is 147 Å². The molecule has 0 aliphatic heterocycles. The van der Waals surface area contributed by atoms with Crippen molar-refractivity contribution >= 4 is 11.0 Å². The fourth-order valence-corrected chi connectivity index (χ4v) is 2.59. The van der Waals surface area contributed by atoms with E-state index in [1.807, 2.05) is 12.1 Å². The first kappa shape index (κ1) is 15.9. The topological polar surface area (TPSA) is 87.6 Å². The highest BCUT2D eigenvalue weighted by molar-refractivity contribution is 5.80. The van der Waals surface area contributed by atoms with Gasteiger partial charge in [-0.2, -0.15) is 0 Å². The van der Waals surface area contributed by atoms with E-state index in [-0.39, 0.29) is 17.3 Å². The van der Waals surface area contributed by atoms with E-state index < -0.39 is 5.63 Å². The highest BCUT2D eigenvalue weighted by atomic mass is 16.5. The van der Waals surface area contributed by atoms with Crippen LogP contribution >= 0.6 is 0 Å². The minimum atomic E-state index is -0.540. The summed E-state index contributed by atoms with van der Waals surface area (Å²) in [4.78, 5) is 12.2. The molecule has 130 valence electrons. The van der Waals surface area contributed by atoms with Gasteiger partial charge in [-0.15, -0.1) is 10.2 Å². The SMILES string of the molecule is COc1cc(OC)cc(-c2nnc(-c3cc4ccccc4oc3=O)o2)c1. The molecule has 26 heavy (non-hydrogen) atoms. The lowest BCUT2D eigenvalue weighted by Gasteiger charge is -2.05. The normalized spacial score (nSPS) is 10.8.